The molecule has 0 spiro atoms. The van der Waals surface area contributed by atoms with Crippen LogP contribution in [0.5, 0.6) is 0 Å². The first kappa shape index (κ1) is 14.2. The predicted molar refractivity (Wildman–Crippen MR) is 47.7 cm³/mol. The number of benzene rings is 1. The van der Waals surface area contributed by atoms with Crippen molar-refractivity contribution in [3.8, 4) is 0 Å². The Morgan fingerprint density at radius 1 is 1.07 bits per heavy atom. The monoisotopic (exact) mass is 246 g/mol. The summed E-state index contributed by atoms with van der Waals surface area (Å²) in [7, 11) is 0. The predicted octanol–water partition coefficient (Wildman–Crippen LogP) is 4.66. The van der Waals surface area contributed by atoms with Crippen LogP contribution in [0.15, 0.2) is 12.1 Å². The lowest BCUT2D eigenvalue weighted by molar-refractivity contribution is -0.137. The minimum absolute atomic E-state index is 0.0568. The van der Waals surface area contributed by atoms with E-state index in [1.165, 1.54) is 0 Å². The van der Waals surface area contributed by atoms with Crippen LogP contribution in [-0.2, 0) is 6.18 Å². The first-order valence-electron chi connectivity index (χ1n) is 4.04. The summed E-state index contributed by atoms with van der Waals surface area (Å²) in [6, 6.07) is 0.390. The standard InChI is InChI=1S/C7H2ClF5.C2H6/c8-4-1-3(7(11,12)13)2-5(9)6(4)10;1-2/h1-2H;1-2H3. The Kier molecular flexibility index (Phi) is 5.00. The molecule has 86 valence electrons. The molecule has 0 aromatic heterocycles. The molecule has 0 bridgehead atoms. The molecule has 1 aromatic carbocycles. The largest absolute Gasteiger partial charge is 0.416 e. The summed E-state index contributed by atoms with van der Waals surface area (Å²) in [5.74, 6) is -3.09. The Hall–Kier alpha value is -0.840. The average Bonchev–Trinajstić information content (AvgIpc) is 2.15. The van der Waals surface area contributed by atoms with Crippen molar-refractivity contribution >= 4 is 11.6 Å². The van der Waals surface area contributed by atoms with Crippen LogP contribution in [0, 0.1) is 11.6 Å². The molecule has 0 unspecified atom stereocenters. The maximum atomic E-state index is 12.4. The van der Waals surface area contributed by atoms with Gasteiger partial charge in [-0.1, -0.05) is 25.4 Å². The Bertz CT molecular complexity index is 309. The van der Waals surface area contributed by atoms with Crippen LogP contribution >= 0.6 is 11.6 Å². The van der Waals surface area contributed by atoms with Crippen molar-refractivity contribution in [2.45, 2.75) is 20.0 Å². The lowest BCUT2D eigenvalue weighted by Gasteiger charge is -2.07. The van der Waals surface area contributed by atoms with Crippen LogP contribution < -0.4 is 0 Å². The third-order valence-electron chi connectivity index (χ3n) is 1.31. The summed E-state index contributed by atoms with van der Waals surface area (Å²) >= 11 is 5.01. The molecular weight excluding hydrogens is 239 g/mol. The average molecular weight is 247 g/mol. The highest BCUT2D eigenvalue weighted by atomic mass is 35.5. The highest BCUT2D eigenvalue weighted by molar-refractivity contribution is 6.30. The molecule has 0 aliphatic rings. The molecular formula is C9H8ClF5. The van der Waals surface area contributed by atoms with Gasteiger partial charge in [0.05, 0.1) is 10.6 Å². The zero-order valence-corrected chi connectivity index (χ0v) is 8.68. The lowest BCUT2D eigenvalue weighted by atomic mass is 10.2. The van der Waals surface area contributed by atoms with Gasteiger partial charge >= 0.3 is 6.18 Å². The van der Waals surface area contributed by atoms with Crippen molar-refractivity contribution in [1.82, 2.24) is 0 Å². The first-order chi connectivity index (χ1) is 6.82. The maximum Gasteiger partial charge on any atom is 0.416 e. The summed E-state index contributed by atoms with van der Waals surface area (Å²) in [6.07, 6.45) is -4.72. The second-order valence-corrected chi connectivity index (χ2v) is 2.66. The quantitative estimate of drug-likeness (QED) is 0.461. The SMILES string of the molecule is CC.Fc1cc(C(F)(F)F)cc(Cl)c1F. The highest BCUT2D eigenvalue weighted by Crippen LogP contribution is 2.32. The van der Waals surface area contributed by atoms with Gasteiger partial charge in [-0.05, 0) is 12.1 Å². The molecule has 0 aliphatic carbocycles. The summed E-state index contributed by atoms with van der Waals surface area (Å²) in [5, 5.41) is -0.882. The van der Waals surface area contributed by atoms with Gasteiger partial charge in [0, 0.05) is 0 Å². The molecule has 1 aromatic rings. The van der Waals surface area contributed by atoms with Gasteiger partial charge in [-0.2, -0.15) is 13.2 Å². The molecule has 0 amide bonds. The van der Waals surface area contributed by atoms with Crippen LogP contribution in [0.4, 0.5) is 22.0 Å². The lowest BCUT2D eigenvalue weighted by Crippen LogP contribution is -2.06. The van der Waals surface area contributed by atoms with E-state index >= 15 is 0 Å². The van der Waals surface area contributed by atoms with Gasteiger partial charge in [0.15, 0.2) is 11.6 Å². The fraction of sp³-hybridized carbons (Fsp3) is 0.333. The Morgan fingerprint density at radius 2 is 1.53 bits per heavy atom. The number of halogens is 6. The van der Waals surface area contributed by atoms with E-state index in [4.69, 9.17) is 11.6 Å². The van der Waals surface area contributed by atoms with Crippen molar-refractivity contribution in [2.24, 2.45) is 0 Å². The molecule has 15 heavy (non-hydrogen) atoms. The summed E-state index contributed by atoms with van der Waals surface area (Å²) in [4.78, 5) is 0. The van der Waals surface area contributed by atoms with E-state index in [9.17, 15) is 22.0 Å². The van der Waals surface area contributed by atoms with Crippen LogP contribution in [0.2, 0.25) is 5.02 Å². The molecule has 0 N–H and O–H groups in total. The molecule has 6 heteroatoms. The highest BCUT2D eigenvalue weighted by Gasteiger charge is 2.32. The van der Waals surface area contributed by atoms with Gasteiger partial charge in [0.2, 0.25) is 0 Å². The zero-order valence-electron chi connectivity index (χ0n) is 7.92. The van der Waals surface area contributed by atoms with E-state index in [0.29, 0.717) is 6.07 Å². The topological polar surface area (TPSA) is 0 Å². The van der Waals surface area contributed by atoms with Gasteiger partial charge in [0.1, 0.15) is 0 Å². The van der Waals surface area contributed by atoms with Crippen molar-refractivity contribution < 1.29 is 22.0 Å². The number of hydrogen-bond acceptors (Lipinski definition) is 0. The van der Waals surface area contributed by atoms with Crippen molar-refractivity contribution in [1.29, 1.82) is 0 Å². The molecule has 0 aliphatic heterocycles. The first-order valence-corrected chi connectivity index (χ1v) is 4.42. The zero-order chi connectivity index (χ0) is 12.2. The maximum absolute atomic E-state index is 12.4. The van der Waals surface area contributed by atoms with E-state index < -0.39 is 28.4 Å². The number of alkyl halides is 3. The Labute approximate surface area is 88.7 Å². The van der Waals surface area contributed by atoms with Gasteiger partial charge in [-0.25, -0.2) is 8.78 Å². The summed E-state index contributed by atoms with van der Waals surface area (Å²) in [5.41, 5.74) is -1.31. The molecule has 0 saturated carbocycles. The smallest absolute Gasteiger partial charge is 0.204 e. The summed E-state index contributed by atoms with van der Waals surface area (Å²) < 4.78 is 60.6. The molecule has 0 saturated heterocycles. The second-order valence-electron chi connectivity index (χ2n) is 2.25. The van der Waals surface area contributed by atoms with Crippen LogP contribution in [0.3, 0.4) is 0 Å². The fourth-order valence-corrected chi connectivity index (χ4v) is 0.927. The molecule has 0 heterocycles. The molecule has 0 radical (unpaired) electrons. The minimum Gasteiger partial charge on any atom is -0.204 e. The minimum atomic E-state index is -4.72. The third-order valence-corrected chi connectivity index (χ3v) is 1.59. The van der Waals surface area contributed by atoms with Crippen molar-refractivity contribution in [3.05, 3.63) is 34.4 Å². The normalized spacial score (nSPS) is 10.7. The fourth-order valence-electron chi connectivity index (χ4n) is 0.719. The van der Waals surface area contributed by atoms with Crippen LogP contribution in [0.1, 0.15) is 19.4 Å². The number of hydrogen-bond donors (Lipinski definition) is 0. The van der Waals surface area contributed by atoms with Gasteiger partial charge in [0.25, 0.3) is 0 Å². The van der Waals surface area contributed by atoms with E-state index in [1.807, 2.05) is 13.8 Å². The summed E-state index contributed by atoms with van der Waals surface area (Å²) in [6.45, 7) is 4.00. The van der Waals surface area contributed by atoms with Gasteiger partial charge < -0.3 is 0 Å². The third kappa shape index (κ3) is 3.66. The molecule has 0 nitrogen and oxygen atoms in total. The van der Waals surface area contributed by atoms with Crippen LogP contribution in [-0.4, -0.2) is 0 Å². The van der Waals surface area contributed by atoms with Crippen molar-refractivity contribution in [3.63, 3.8) is 0 Å². The Balaban J connectivity index is 0.000000921. The molecule has 0 atom stereocenters. The van der Waals surface area contributed by atoms with Crippen molar-refractivity contribution in [2.75, 3.05) is 0 Å². The van der Waals surface area contributed by atoms with Gasteiger partial charge in [-0.3, -0.25) is 0 Å². The van der Waals surface area contributed by atoms with E-state index in [-0.39, 0.29) is 6.07 Å². The molecule has 0 fully saturated rings. The Morgan fingerprint density at radius 3 is 1.87 bits per heavy atom. The van der Waals surface area contributed by atoms with E-state index in [2.05, 4.69) is 0 Å². The van der Waals surface area contributed by atoms with Crippen LogP contribution in [0.25, 0.3) is 0 Å². The molecule has 1 rings (SSSR count). The number of rotatable bonds is 0. The second kappa shape index (κ2) is 5.30. The van der Waals surface area contributed by atoms with E-state index in [1.54, 1.807) is 0 Å². The van der Waals surface area contributed by atoms with E-state index in [0.717, 1.165) is 0 Å². The van der Waals surface area contributed by atoms with Gasteiger partial charge in [-0.15, -0.1) is 0 Å².